The Hall–Kier alpha value is -2.22. The molecule has 0 spiro atoms. The van der Waals surface area contributed by atoms with Crippen molar-refractivity contribution in [2.75, 3.05) is 5.01 Å². The number of rotatable bonds is 1. The van der Waals surface area contributed by atoms with Gasteiger partial charge in [-0.05, 0) is 42.2 Å². The van der Waals surface area contributed by atoms with Crippen LogP contribution in [0.2, 0.25) is 0 Å². The zero-order valence-electron chi connectivity index (χ0n) is 14.7. The Bertz CT molecular complexity index is 759. The van der Waals surface area contributed by atoms with Gasteiger partial charge in [0.25, 0.3) is 0 Å². The molecule has 3 aliphatic rings. The molecule has 5 rings (SSSR count). The fraction of sp³-hybridized carbons (Fsp3) is 0.391. The zero-order valence-corrected chi connectivity index (χ0v) is 14.7. The standard InChI is InChI=1S/C23H26N2/c1-2-7-15-22-21(14-6-1)23-20-13-9-8-10-18(20)16-17-24(23)25(22)19-11-4-3-5-12-19/h3-5,8-13,16-17,21-23H,1-2,6-7,14-15H2/t21-,22-,23+/m0/s1. The molecule has 0 amide bonds. The number of nitrogens with zero attached hydrogens (tertiary/aromatic N) is 2. The highest BCUT2D eigenvalue weighted by atomic mass is 15.7. The van der Waals surface area contributed by atoms with Gasteiger partial charge in [-0.25, -0.2) is 0 Å². The molecule has 2 heterocycles. The second-order valence-corrected chi connectivity index (χ2v) is 7.67. The Morgan fingerprint density at radius 3 is 2.40 bits per heavy atom. The van der Waals surface area contributed by atoms with Gasteiger partial charge in [0.15, 0.2) is 0 Å². The lowest BCUT2D eigenvalue weighted by atomic mass is 9.79. The zero-order chi connectivity index (χ0) is 16.6. The lowest BCUT2D eigenvalue weighted by molar-refractivity contribution is 0.274. The van der Waals surface area contributed by atoms with Crippen LogP contribution in [0.1, 0.15) is 55.7 Å². The van der Waals surface area contributed by atoms with Crippen LogP contribution in [0.25, 0.3) is 6.08 Å². The molecule has 2 aromatic rings. The molecule has 2 fully saturated rings. The van der Waals surface area contributed by atoms with E-state index in [4.69, 9.17) is 0 Å². The summed E-state index contributed by atoms with van der Waals surface area (Å²) in [6.07, 6.45) is 12.8. The van der Waals surface area contributed by atoms with Gasteiger partial charge < -0.3 is 0 Å². The molecule has 0 unspecified atom stereocenters. The number of hydrogen-bond acceptors (Lipinski definition) is 2. The molecule has 2 nitrogen and oxygen atoms in total. The van der Waals surface area contributed by atoms with Gasteiger partial charge in [-0.2, -0.15) is 0 Å². The molecule has 0 bridgehead atoms. The number of hydrazine groups is 1. The molecule has 1 aliphatic carbocycles. The van der Waals surface area contributed by atoms with Crippen molar-refractivity contribution in [1.29, 1.82) is 0 Å². The quantitative estimate of drug-likeness (QED) is 0.653. The summed E-state index contributed by atoms with van der Waals surface area (Å²) in [5, 5.41) is 5.14. The van der Waals surface area contributed by atoms with Gasteiger partial charge in [0.2, 0.25) is 0 Å². The minimum absolute atomic E-state index is 0.490. The number of para-hydroxylation sites is 1. The van der Waals surface area contributed by atoms with Crippen LogP contribution in [0.15, 0.2) is 60.8 Å². The Balaban J connectivity index is 1.63. The summed E-state index contributed by atoms with van der Waals surface area (Å²) in [5.74, 6) is 0.714. The van der Waals surface area contributed by atoms with E-state index in [2.05, 4.69) is 76.9 Å². The minimum Gasteiger partial charge on any atom is -0.284 e. The van der Waals surface area contributed by atoms with Crippen LogP contribution in [0.3, 0.4) is 0 Å². The average molecular weight is 330 g/mol. The summed E-state index contributed by atoms with van der Waals surface area (Å²) >= 11 is 0. The first-order chi connectivity index (χ1) is 12.4. The summed E-state index contributed by atoms with van der Waals surface area (Å²) in [6.45, 7) is 0. The van der Waals surface area contributed by atoms with E-state index in [-0.39, 0.29) is 0 Å². The molecule has 25 heavy (non-hydrogen) atoms. The molecule has 3 atom stereocenters. The van der Waals surface area contributed by atoms with Gasteiger partial charge in [-0.3, -0.25) is 10.0 Å². The Morgan fingerprint density at radius 1 is 0.760 bits per heavy atom. The van der Waals surface area contributed by atoms with Gasteiger partial charge >= 0.3 is 0 Å². The first-order valence-corrected chi connectivity index (χ1v) is 9.83. The summed E-state index contributed by atoms with van der Waals surface area (Å²) in [6, 6.07) is 21.1. The molecule has 0 radical (unpaired) electrons. The third-order valence-electron chi connectivity index (χ3n) is 6.28. The highest BCUT2D eigenvalue weighted by Gasteiger charge is 2.48. The van der Waals surface area contributed by atoms with Crippen LogP contribution in [0.5, 0.6) is 0 Å². The Kier molecular flexibility index (Phi) is 3.77. The maximum Gasteiger partial charge on any atom is 0.0803 e. The van der Waals surface area contributed by atoms with E-state index in [0.717, 1.165) is 0 Å². The predicted molar refractivity (Wildman–Crippen MR) is 104 cm³/mol. The molecule has 2 aromatic carbocycles. The second-order valence-electron chi connectivity index (χ2n) is 7.67. The van der Waals surface area contributed by atoms with Crippen LogP contribution >= 0.6 is 0 Å². The smallest absolute Gasteiger partial charge is 0.0803 e. The van der Waals surface area contributed by atoms with Gasteiger partial charge in [0, 0.05) is 12.1 Å². The summed E-state index contributed by atoms with van der Waals surface area (Å²) < 4.78 is 0. The maximum atomic E-state index is 2.60. The lowest BCUT2D eigenvalue weighted by Crippen LogP contribution is -2.40. The molecule has 128 valence electrons. The van der Waals surface area contributed by atoms with E-state index in [1.54, 1.807) is 0 Å². The van der Waals surface area contributed by atoms with Gasteiger partial charge in [0.1, 0.15) is 0 Å². The average Bonchev–Trinajstić information content (AvgIpc) is 2.95. The fourth-order valence-corrected chi connectivity index (χ4v) is 5.20. The molecule has 1 saturated carbocycles. The van der Waals surface area contributed by atoms with E-state index in [9.17, 15) is 0 Å². The Labute approximate surface area is 150 Å². The molecule has 0 N–H and O–H groups in total. The summed E-state index contributed by atoms with van der Waals surface area (Å²) in [4.78, 5) is 0. The summed E-state index contributed by atoms with van der Waals surface area (Å²) in [5.41, 5.74) is 4.25. The number of benzene rings is 2. The van der Waals surface area contributed by atoms with Crippen molar-refractivity contribution in [3.63, 3.8) is 0 Å². The second kappa shape index (κ2) is 6.25. The van der Waals surface area contributed by atoms with Crippen molar-refractivity contribution in [2.45, 2.75) is 50.6 Å². The van der Waals surface area contributed by atoms with E-state index < -0.39 is 0 Å². The normalized spacial score (nSPS) is 27.9. The molecular weight excluding hydrogens is 304 g/mol. The van der Waals surface area contributed by atoms with Crippen molar-refractivity contribution in [3.05, 3.63) is 71.9 Å². The highest BCUT2D eigenvalue weighted by Crippen LogP contribution is 2.50. The van der Waals surface area contributed by atoms with E-state index in [0.29, 0.717) is 18.0 Å². The molecule has 0 aromatic heterocycles. The highest BCUT2D eigenvalue weighted by molar-refractivity contribution is 5.60. The Morgan fingerprint density at radius 2 is 1.52 bits per heavy atom. The number of fused-ring (bicyclic) bond motifs is 5. The van der Waals surface area contributed by atoms with Gasteiger partial charge in [-0.1, -0.05) is 68.1 Å². The van der Waals surface area contributed by atoms with Crippen LogP contribution in [-0.2, 0) is 0 Å². The minimum atomic E-state index is 0.490. The van der Waals surface area contributed by atoms with Crippen molar-refractivity contribution >= 4 is 11.8 Å². The predicted octanol–water partition coefficient (Wildman–Crippen LogP) is 5.79. The third-order valence-corrected chi connectivity index (χ3v) is 6.28. The largest absolute Gasteiger partial charge is 0.284 e. The fourth-order valence-electron chi connectivity index (χ4n) is 5.20. The van der Waals surface area contributed by atoms with E-state index in [1.807, 2.05) is 0 Å². The summed E-state index contributed by atoms with van der Waals surface area (Å²) in [7, 11) is 0. The third kappa shape index (κ3) is 2.47. The van der Waals surface area contributed by atoms with Crippen LogP contribution in [0.4, 0.5) is 5.69 Å². The topological polar surface area (TPSA) is 6.48 Å². The molecule has 1 saturated heterocycles. The monoisotopic (exact) mass is 330 g/mol. The first kappa shape index (κ1) is 15.1. The maximum absolute atomic E-state index is 2.60. The van der Waals surface area contributed by atoms with Crippen LogP contribution in [-0.4, -0.2) is 11.1 Å². The van der Waals surface area contributed by atoms with Crippen LogP contribution in [0, 0.1) is 5.92 Å². The SMILES string of the molecule is C1=CN2[C@H](c3ccccc31)[C@H]1CCCCCC[C@@H]1N2c1ccccc1. The first-order valence-electron chi connectivity index (χ1n) is 9.83. The lowest BCUT2D eigenvalue weighted by Gasteiger charge is -2.37. The number of anilines is 1. The molecule has 2 aliphatic heterocycles. The van der Waals surface area contributed by atoms with Crippen molar-refractivity contribution < 1.29 is 0 Å². The van der Waals surface area contributed by atoms with Crippen molar-refractivity contribution in [3.8, 4) is 0 Å². The van der Waals surface area contributed by atoms with Crippen molar-refractivity contribution in [2.24, 2.45) is 5.92 Å². The van der Waals surface area contributed by atoms with Crippen LogP contribution < -0.4 is 5.01 Å². The van der Waals surface area contributed by atoms with E-state index in [1.165, 1.54) is 55.3 Å². The number of hydrogen-bond donors (Lipinski definition) is 0. The molecular formula is C23H26N2. The van der Waals surface area contributed by atoms with Gasteiger partial charge in [-0.15, -0.1) is 0 Å². The van der Waals surface area contributed by atoms with E-state index >= 15 is 0 Å². The molecule has 2 heteroatoms. The van der Waals surface area contributed by atoms with Gasteiger partial charge in [0.05, 0.1) is 17.8 Å². The van der Waals surface area contributed by atoms with Crippen molar-refractivity contribution in [1.82, 2.24) is 5.01 Å².